The lowest BCUT2D eigenvalue weighted by Gasteiger charge is -2.26. The minimum atomic E-state index is -5.75. The van der Waals surface area contributed by atoms with E-state index in [2.05, 4.69) is 40.2 Å². The molecule has 2 bridgehead atoms. The van der Waals surface area contributed by atoms with E-state index in [0.29, 0.717) is 0 Å². The summed E-state index contributed by atoms with van der Waals surface area (Å²) in [5.74, 6) is 0. The maximum Gasteiger partial charge on any atom is 0.475 e. The van der Waals surface area contributed by atoms with Gasteiger partial charge in [-0.05, 0) is 60.8 Å². The number of nitrogens with zero attached hydrogens (tertiary/aromatic N) is 9. The average molecular weight is 1990 g/mol. The highest BCUT2D eigenvalue weighted by Crippen LogP contribution is 2.58. The van der Waals surface area contributed by atoms with Crippen LogP contribution in [0, 0.1) is 41.5 Å². The minimum Gasteiger partial charge on any atom is -0.396 e. The number of rotatable bonds is 10. The van der Waals surface area contributed by atoms with E-state index in [-0.39, 0.29) is 58.3 Å². The summed E-state index contributed by atoms with van der Waals surface area (Å²) in [6.07, 6.45) is -26.7. The number of nitrogens with one attached hydrogen (secondary N) is 6. The maximum atomic E-state index is 14.9. The van der Waals surface area contributed by atoms with Gasteiger partial charge in [0.2, 0.25) is 0 Å². The Balaban J connectivity index is 0.785. The van der Waals surface area contributed by atoms with E-state index in [1.54, 1.807) is 0 Å². The Bertz CT molecular complexity index is 6550. The second-order valence-electron chi connectivity index (χ2n) is 31.5. The highest BCUT2D eigenvalue weighted by atomic mass is 31.2. The number of aromatic amines is 6. The summed E-state index contributed by atoms with van der Waals surface area (Å²) >= 11 is 0. The Morgan fingerprint density at radius 1 is 0.348 bits per heavy atom. The highest BCUT2D eigenvalue weighted by Gasteiger charge is 2.53. The summed E-state index contributed by atoms with van der Waals surface area (Å²) in [7, 11) is -33.4. The molecule has 0 spiro atoms. The van der Waals surface area contributed by atoms with Gasteiger partial charge < -0.3 is 58.0 Å². The fourth-order valence-corrected chi connectivity index (χ4v) is 21.4. The first-order valence-corrected chi connectivity index (χ1v) is 49.3. The van der Waals surface area contributed by atoms with Crippen molar-refractivity contribution in [3.63, 3.8) is 0 Å². The number of fused-ring (bicyclic) bond motifs is 8. The Kier molecular flexibility index (Phi) is 30.5. The second kappa shape index (κ2) is 40.5. The predicted octanol–water partition coefficient (Wildman–Crippen LogP) is -1.48. The molecule has 14 rings (SSSR count). The zero-order chi connectivity index (χ0) is 95.2. The van der Waals surface area contributed by atoms with Gasteiger partial charge in [0.1, 0.15) is 111 Å². The van der Waals surface area contributed by atoms with Gasteiger partial charge in [-0.2, -0.15) is 0 Å². The van der Waals surface area contributed by atoms with E-state index < -0.39 is 323 Å². The van der Waals surface area contributed by atoms with Crippen LogP contribution in [0.3, 0.4) is 0 Å². The fourth-order valence-electron chi connectivity index (χ4n) is 15.1. The molecule has 64 heteroatoms. The van der Waals surface area contributed by atoms with Gasteiger partial charge in [-0.25, -0.2) is 60.8 Å². The molecule has 12 N–H and O–H groups in total. The Morgan fingerprint density at radius 2 is 0.591 bits per heavy atom. The first-order chi connectivity index (χ1) is 62.1. The zero-order valence-corrected chi connectivity index (χ0v) is 75.5. The summed E-state index contributed by atoms with van der Waals surface area (Å²) in [4.78, 5) is 227. The third-order valence-electron chi connectivity index (χ3n) is 21.8. The van der Waals surface area contributed by atoms with Gasteiger partial charge >= 0.3 is 81.1 Å². The van der Waals surface area contributed by atoms with Crippen molar-refractivity contribution < 1.29 is 144 Å². The molecule has 0 saturated carbocycles. The lowest BCUT2D eigenvalue weighted by atomic mass is 10.2. The van der Waals surface area contributed by atoms with Gasteiger partial charge in [-0.3, -0.25) is 145 Å². The molecule has 6 saturated heterocycles. The molecule has 726 valence electrons. The van der Waals surface area contributed by atoms with Crippen molar-refractivity contribution in [1.29, 1.82) is 0 Å². The van der Waals surface area contributed by atoms with Gasteiger partial charge in [-0.15, -0.1) is 5.10 Å². The molecular weight excluding hydrogens is 1900 g/mol. The molecule has 7 aliphatic rings. The fraction of sp³-hybridized carbons (Fsp3) is 0.618. The van der Waals surface area contributed by atoms with E-state index in [1.165, 1.54) is 52.4 Å². The number of H-pyrrole nitrogens is 6. The summed E-state index contributed by atoms with van der Waals surface area (Å²) < 4.78 is 203. The normalized spacial score (nSPS) is 34.8. The van der Waals surface area contributed by atoms with Crippen molar-refractivity contribution in [2.75, 3.05) is 52.9 Å². The molecule has 7 aromatic heterocycles. The van der Waals surface area contributed by atoms with Crippen molar-refractivity contribution in [3.05, 3.63) is 207 Å². The first-order valence-electron chi connectivity index (χ1n) is 40.4. The summed E-state index contributed by atoms with van der Waals surface area (Å²) in [5, 5.41) is 18.1. The van der Waals surface area contributed by atoms with Crippen molar-refractivity contribution in [3.8, 4) is 0 Å². The van der Waals surface area contributed by atoms with Crippen LogP contribution in [0.4, 0.5) is 0 Å². The molecular formula is C68H91N15O43P6. The number of aliphatic hydroxyl groups is 1. The molecule has 0 amide bonds. The molecule has 24 atom stereocenters. The molecule has 58 nitrogen and oxygen atoms in total. The number of hydrogen-bond acceptors (Lipinski definition) is 40. The van der Waals surface area contributed by atoms with E-state index in [1.807, 2.05) is 0 Å². The highest BCUT2D eigenvalue weighted by molar-refractivity contribution is 7.49. The summed E-state index contributed by atoms with van der Waals surface area (Å²) in [5.41, 5.74) is -11.5. The number of aromatic nitrogens is 15. The molecule has 0 aromatic carbocycles. The van der Waals surface area contributed by atoms with Crippen LogP contribution in [-0.2, 0) is 128 Å². The van der Waals surface area contributed by atoms with Crippen LogP contribution in [-0.4, -0.2) is 228 Å². The van der Waals surface area contributed by atoms with E-state index in [0.717, 1.165) is 64.6 Å². The molecule has 0 radical (unpaired) electrons. The Labute approximate surface area is 737 Å². The Morgan fingerprint density at radius 3 is 0.848 bits per heavy atom. The number of phosphoric acid groups is 6. The second-order valence-corrected chi connectivity index (χ2v) is 40.1. The molecule has 7 aromatic rings. The minimum absolute atomic E-state index is 0.0133. The summed E-state index contributed by atoms with van der Waals surface area (Å²) in [6.45, 7) is 0.102. The van der Waals surface area contributed by atoms with Crippen LogP contribution in [0.2, 0.25) is 0 Å². The number of ether oxygens (including phenoxy) is 6. The molecule has 6 fully saturated rings. The summed E-state index contributed by atoms with van der Waals surface area (Å²) in [6, 6.07) is 0. The predicted molar refractivity (Wildman–Crippen MR) is 435 cm³/mol. The van der Waals surface area contributed by atoms with Crippen LogP contribution >= 0.6 is 46.9 Å². The molecule has 6 unspecified atom stereocenters. The van der Waals surface area contributed by atoms with Crippen molar-refractivity contribution in [2.45, 2.75) is 216 Å². The molecule has 132 heavy (non-hydrogen) atoms. The van der Waals surface area contributed by atoms with Gasteiger partial charge in [0.25, 0.3) is 33.4 Å². The SMILES string of the molecule is Cc1cn([C@H]2C[C@@H]3OP(=O)(O)OC[C@H]4O[C@@H](n5cc(C)c(=O)[nH]c5=O)C[C@@H]4OP(=O)(O)OC[C@H]4O[C@@H](n5cc(C)c(=O)[nH]c5=O)C[C@@H]4OP(=O)(O)OC[C@H]4O[C@@H](n5cc(C)c(=O)[nH]c5=O)C[C@@H]4OP(=O)(OCCCO)OCCCc4cn(nn4)C[C@H]4O[C@@H](n5cc(C)c(=O)[nH]c5=O)C[C@@H]4OP(=O)(O)OC[C@H]4O[C@@H](n5cc(C)c(=O)[nH]c5=O)C[C@@H]4OP(=O)(O)OC[C@H]3O2)c(=O)[nH]c1=O. The van der Waals surface area contributed by atoms with Crippen molar-refractivity contribution in [1.82, 2.24) is 72.3 Å². The van der Waals surface area contributed by atoms with Crippen LogP contribution in [0.5, 0.6) is 0 Å². The van der Waals surface area contributed by atoms with Crippen LogP contribution in [0.1, 0.15) is 128 Å². The monoisotopic (exact) mass is 1990 g/mol. The molecule has 7 aliphatic heterocycles. The average Bonchev–Trinajstić information content (AvgIpc) is 1.66. The van der Waals surface area contributed by atoms with E-state index in [4.69, 9.17) is 87.2 Å². The van der Waals surface area contributed by atoms with Crippen molar-refractivity contribution in [2.24, 2.45) is 0 Å². The van der Waals surface area contributed by atoms with E-state index in [9.17, 15) is 114 Å². The number of phosphoric ester groups is 6. The van der Waals surface area contributed by atoms with Gasteiger partial charge in [0.15, 0.2) is 0 Å². The number of aliphatic hydroxyl groups excluding tert-OH is 1. The molecule has 14 heterocycles. The Hall–Kier alpha value is -8.40. The smallest absolute Gasteiger partial charge is 0.396 e. The molecule has 0 aliphatic carbocycles. The third kappa shape index (κ3) is 24.2. The zero-order valence-electron chi connectivity index (χ0n) is 70.2. The number of aryl methyl sites for hydroxylation is 7. The van der Waals surface area contributed by atoms with Crippen LogP contribution in [0.25, 0.3) is 0 Å². The van der Waals surface area contributed by atoms with E-state index >= 15 is 0 Å². The largest absolute Gasteiger partial charge is 0.475 e. The lowest BCUT2D eigenvalue weighted by Crippen LogP contribution is -2.33. The first kappa shape index (κ1) is 99.6. The van der Waals surface area contributed by atoms with Crippen LogP contribution in [0.15, 0.2) is 101 Å². The lowest BCUT2D eigenvalue weighted by molar-refractivity contribution is -0.0655. The van der Waals surface area contributed by atoms with Gasteiger partial charge in [-0.1, -0.05) is 5.21 Å². The topological polar surface area (TPSA) is 759 Å². The third-order valence-corrected chi connectivity index (χ3v) is 28.4. The van der Waals surface area contributed by atoms with Gasteiger partial charge in [0.05, 0.1) is 58.5 Å². The quantitative estimate of drug-likeness (QED) is 0.0549. The maximum absolute atomic E-state index is 14.9. The van der Waals surface area contributed by atoms with Gasteiger partial charge in [0, 0.05) is 122 Å². The van der Waals surface area contributed by atoms with Crippen LogP contribution < -0.4 is 67.5 Å². The standard InChI is InChI=1S/C68H91N15O43P6/c1-32-19-78(63(91)69-57(32)85)51-13-39-45(115-51)26-77-25-38(75-76-77)9-7-11-108-132(107,109-12-8-10-84)126-44-18-56(83-24-37(6)62(90)74-68(83)96)120-50(44)31-114-131(105,106)125-43-17-55(82-23-36(5)61(89)73-67(82)95)119-49(43)30-113-130(103,104)124-42-16-54(81-22-35(4)60(88)72-66(81)94)118-48(42)29-112-129(101,102)123-41-15-53(80-21-34(3)59(87)71-65(80)93)117-47(41)28-111-128(99,100)122-40-14-52(79-20-33(2)58(86)70-64(79)92)116-46(40)27-110-127(97,98)121-39/h19-25,39-56,84H,7-18,26-31H2,1-6H3,(H,97,98)(H,99,100)(H,101,102)(H,103,104)(H,105,106)(H,69,85,91)(H,70,86,92)(H,71,87,93)(H,72,88,94)(H,73,89,95)(H,74,90,96)/t39-,40-,41-,42-,43-,44-,45+,46+,47+,48+,49+,50+,51+,52+,53+,54+,55+,56+,132?/m0/s1. The van der Waals surface area contributed by atoms with Crippen molar-refractivity contribution >= 4 is 46.9 Å². The number of hydrogen-bond donors (Lipinski definition) is 12.